The molecule has 1 aromatic carbocycles. The summed E-state index contributed by atoms with van der Waals surface area (Å²) in [6.45, 7) is 4.29. The molecule has 0 bridgehead atoms. The molecule has 0 amide bonds. The van der Waals surface area contributed by atoms with E-state index in [9.17, 15) is 4.79 Å². The number of carbonyl (C=O) groups excluding carboxylic acids is 1. The molecular formula is C13H16N2O. The third-order valence-corrected chi connectivity index (χ3v) is 2.58. The molecule has 1 saturated heterocycles. The molecular weight excluding hydrogens is 200 g/mol. The Morgan fingerprint density at radius 1 is 1.44 bits per heavy atom. The zero-order chi connectivity index (χ0) is 11.4. The average Bonchev–Trinajstić information content (AvgIpc) is 2.66. The Balaban J connectivity index is 2.07. The molecule has 1 aliphatic rings. The van der Waals surface area contributed by atoms with Crippen LogP contribution in [0.2, 0.25) is 0 Å². The van der Waals surface area contributed by atoms with E-state index < -0.39 is 0 Å². The summed E-state index contributed by atoms with van der Waals surface area (Å²) in [6.07, 6.45) is 1.66. The minimum atomic E-state index is 0.0856. The van der Waals surface area contributed by atoms with E-state index in [1.165, 1.54) is 5.56 Å². The van der Waals surface area contributed by atoms with E-state index in [0.29, 0.717) is 0 Å². The molecule has 84 valence electrons. The standard InChI is InChI=1S/C13H16N2O/c1-11(16)9-13-14-7-8-15(13)10-12-5-3-2-4-6-12/h2-6,9,14H,7-8,10H2,1H3/b13-9-. The number of hydrogen-bond donors (Lipinski definition) is 1. The lowest BCUT2D eigenvalue weighted by atomic mass is 10.2. The Bertz CT molecular complexity index is 398. The molecule has 0 spiro atoms. The number of rotatable bonds is 3. The number of allylic oxidation sites excluding steroid dienone is 1. The van der Waals surface area contributed by atoms with Crippen molar-refractivity contribution in [2.45, 2.75) is 13.5 Å². The van der Waals surface area contributed by atoms with Crippen LogP contribution in [0, 0.1) is 0 Å². The second kappa shape index (κ2) is 4.84. The van der Waals surface area contributed by atoms with Crippen molar-refractivity contribution in [2.75, 3.05) is 13.1 Å². The molecule has 0 aromatic heterocycles. The summed E-state index contributed by atoms with van der Waals surface area (Å²) in [5, 5.41) is 3.22. The predicted octanol–water partition coefficient (Wildman–Crippen LogP) is 1.52. The lowest BCUT2D eigenvalue weighted by molar-refractivity contribution is -0.112. The van der Waals surface area contributed by atoms with Crippen LogP contribution >= 0.6 is 0 Å². The third-order valence-electron chi connectivity index (χ3n) is 2.58. The van der Waals surface area contributed by atoms with E-state index in [4.69, 9.17) is 0 Å². The van der Waals surface area contributed by atoms with Gasteiger partial charge in [-0.25, -0.2) is 0 Å². The molecule has 0 saturated carbocycles. The van der Waals surface area contributed by atoms with Gasteiger partial charge in [-0.1, -0.05) is 30.3 Å². The van der Waals surface area contributed by atoms with Crippen molar-refractivity contribution >= 4 is 5.78 Å². The molecule has 0 radical (unpaired) electrons. The molecule has 0 atom stereocenters. The summed E-state index contributed by atoms with van der Waals surface area (Å²) in [5.74, 6) is 1.03. The third kappa shape index (κ3) is 2.63. The maximum atomic E-state index is 11.1. The first kappa shape index (κ1) is 10.7. The van der Waals surface area contributed by atoms with E-state index in [1.54, 1.807) is 13.0 Å². The van der Waals surface area contributed by atoms with Gasteiger partial charge in [0.05, 0.1) is 0 Å². The fourth-order valence-corrected chi connectivity index (χ4v) is 1.85. The summed E-state index contributed by atoms with van der Waals surface area (Å²) >= 11 is 0. The van der Waals surface area contributed by atoms with Crippen LogP contribution < -0.4 is 5.32 Å². The number of carbonyl (C=O) groups is 1. The van der Waals surface area contributed by atoms with Crippen LogP contribution in [-0.2, 0) is 11.3 Å². The molecule has 1 aliphatic heterocycles. The zero-order valence-electron chi connectivity index (χ0n) is 9.44. The van der Waals surface area contributed by atoms with Crippen LogP contribution in [0.15, 0.2) is 42.2 Å². The topological polar surface area (TPSA) is 32.3 Å². The van der Waals surface area contributed by atoms with Gasteiger partial charge in [-0.3, -0.25) is 4.79 Å². The van der Waals surface area contributed by atoms with Gasteiger partial charge >= 0.3 is 0 Å². The lowest BCUT2D eigenvalue weighted by Gasteiger charge is -2.18. The van der Waals surface area contributed by atoms with Gasteiger partial charge in [0.1, 0.15) is 5.82 Å². The highest BCUT2D eigenvalue weighted by molar-refractivity contribution is 5.87. The average molecular weight is 216 g/mol. The molecule has 1 N–H and O–H groups in total. The van der Waals surface area contributed by atoms with E-state index in [1.807, 2.05) is 18.2 Å². The van der Waals surface area contributed by atoms with E-state index in [-0.39, 0.29) is 5.78 Å². The molecule has 1 heterocycles. The fraction of sp³-hybridized carbons (Fsp3) is 0.308. The van der Waals surface area contributed by atoms with Gasteiger partial charge in [0.25, 0.3) is 0 Å². The monoisotopic (exact) mass is 216 g/mol. The fourth-order valence-electron chi connectivity index (χ4n) is 1.85. The summed E-state index contributed by atoms with van der Waals surface area (Å²) in [4.78, 5) is 13.2. The molecule has 1 fully saturated rings. The first-order valence-electron chi connectivity index (χ1n) is 5.51. The van der Waals surface area contributed by atoms with Gasteiger partial charge in [0.15, 0.2) is 5.78 Å². The summed E-state index contributed by atoms with van der Waals surface area (Å²) < 4.78 is 0. The number of nitrogens with one attached hydrogen (secondary N) is 1. The molecule has 1 aromatic rings. The van der Waals surface area contributed by atoms with Crippen molar-refractivity contribution in [3.05, 3.63) is 47.8 Å². The van der Waals surface area contributed by atoms with Gasteiger partial charge < -0.3 is 10.2 Å². The number of nitrogens with zero attached hydrogens (tertiary/aromatic N) is 1. The summed E-state index contributed by atoms with van der Waals surface area (Å²) in [7, 11) is 0. The normalized spacial score (nSPS) is 17.6. The van der Waals surface area contributed by atoms with Crippen LogP contribution in [0.4, 0.5) is 0 Å². The van der Waals surface area contributed by atoms with E-state index in [0.717, 1.165) is 25.5 Å². The maximum absolute atomic E-state index is 11.1. The Hall–Kier alpha value is -1.77. The van der Waals surface area contributed by atoms with Crippen molar-refractivity contribution < 1.29 is 4.79 Å². The van der Waals surface area contributed by atoms with Crippen LogP contribution in [-0.4, -0.2) is 23.8 Å². The Morgan fingerprint density at radius 2 is 2.19 bits per heavy atom. The smallest absolute Gasteiger partial charge is 0.156 e. The SMILES string of the molecule is CC(=O)/C=C1/NCCN1Cc1ccccc1. The highest BCUT2D eigenvalue weighted by Crippen LogP contribution is 2.12. The van der Waals surface area contributed by atoms with Crippen molar-refractivity contribution in [1.82, 2.24) is 10.2 Å². The zero-order valence-corrected chi connectivity index (χ0v) is 9.44. The Kier molecular flexibility index (Phi) is 3.25. The molecule has 16 heavy (non-hydrogen) atoms. The minimum Gasteiger partial charge on any atom is -0.370 e. The highest BCUT2D eigenvalue weighted by atomic mass is 16.1. The Morgan fingerprint density at radius 3 is 2.88 bits per heavy atom. The molecule has 3 nitrogen and oxygen atoms in total. The number of hydrogen-bond acceptors (Lipinski definition) is 3. The van der Waals surface area contributed by atoms with Crippen LogP contribution in [0.5, 0.6) is 0 Å². The van der Waals surface area contributed by atoms with Gasteiger partial charge in [-0.15, -0.1) is 0 Å². The molecule has 0 unspecified atom stereocenters. The van der Waals surface area contributed by atoms with Crippen molar-refractivity contribution in [3.63, 3.8) is 0 Å². The summed E-state index contributed by atoms with van der Waals surface area (Å²) in [5.41, 5.74) is 1.26. The Labute approximate surface area is 95.8 Å². The van der Waals surface area contributed by atoms with Gasteiger partial charge in [0.2, 0.25) is 0 Å². The van der Waals surface area contributed by atoms with Crippen LogP contribution in [0.25, 0.3) is 0 Å². The quantitative estimate of drug-likeness (QED) is 0.778. The van der Waals surface area contributed by atoms with Gasteiger partial charge in [-0.05, 0) is 12.5 Å². The summed E-state index contributed by atoms with van der Waals surface area (Å²) in [6, 6.07) is 10.3. The maximum Gasteiger partial charge on any atom is 0.156 e. The van der Waals surface area contributed by atoms with Crippen LogP contribution in [0.1, 0.15) is 12.5 Å². The molecule has 2 rings (SSSR count). The van der Waals surface area contributed by atoms with Gasteiger partial charge in [0, 0.05) is 25.7 Å². The highest BCUT2D eigenvalue weighted by Gasteiger charge is 2.16. The van der Waals surface area contributed by atoms with Crippen molar-refractivity contribution in [1.29, 1.82) is 0 Å². The largest absolute Gasteiger partial charge is 0.370 e. The number of benzene rings is 1. The first-order chi connectivity index (χ1) is 7.75. The molecule has 3 heteroatoms. The van der Waals surface area contributed by atoms with E-state index in [2.05, 4.69) is 22.3 Å². The van der Waals surface area contributed by atoms with Crippen LogP contribution in [0.3, 0.4) is 0 Å². The lowest BCUT2D eigenvalue weighted by Crippen LogP contribution is -2.20. The number of ketones is 1. The van der Waals surface area contributed by atoms with Crippen molar-refractivity contribution in [3.8, 4) is 0 Å². The first-order valence-corrected chi connectivity index (χ1v) is 5.51. The minimum absolute atomic E-state index is 0.0856. The second-order valence-corrected chi connectivity index (χ2v) is 3.97. The van der Waals surface area contributed by atoms with Crippen molar-refractivity contribution in [2.24, 2.45) is 0 Å². The van der Waals surface area contributed by atoms with E-state index >= 15 is 0 Å². The molecule has 0 aliphatic carbocycles. The second-order valence-electron chi connectivity index (χ2n) is 3.97. The predicted molar refractivity (Wildman–Crippen MR) is 63.6 cm³/mol. The van der Waals surface area contributed by atoms with Gasteiger partial charge in [-0.2, -0.15) is 0 Å².